The summed E-state index contributed by atoms with van der Waals surface area (Å²) in [5.74, 6) is -0.470. The molecule has 2 aromatic carbocycles. The molecular weight excluding hydrogens is 384 g/mol. The first-order chi connectivity index (χ1) is 13.4. The first kappa shape index (κ1) is 19.4. The van der Waals surface area contributed by atoms with Crippen molar-refractivity contribution in [2.24, 2.45) is 4.99 Å². The van der Waals surface area contributed by atoms with Crippen LogP contribution in [0.15, 0.2) is 47.5 Å². The average molecular weight is 400 g/mol. The molecule has 0 aromatic heterocycles. The van der Waals surface area contributed by atoms with Gasteiger partial charge >= 0.3 is 5.97 Å². The highest BCUT2D eigenvalue weighted by molar-refractivity contribution is 8.15. The molecular formula is C19H16N2O6S. The molecule has 2 amide bonds. The van der Waals surface area contributed by atoms with Crippen LogP contribution < -0.4 is 14.8 Å². The molecule has 2 aromatic rings. The second-order valence-corrected chi connectivity index (χ2v) is 6.92. The minimum Gasteiger partial charge on any atom is -0.508 e. The van der Waals surface area contributed by atoms with Crippen LogP contribution in [0.4, 0.5) is 10.5 Å². The zero-order valence-electron chi connectivity index (χ0n) is 14.7. The van der Waals surface area contributed by atoms with Crippen LogP contribution >= 0.6 is 11.8 Å². The predicted molar refractivity (Wildman–Crippen MR) is 104 cm³/mol. The minimum atomic E-state index is -0.789. The molecule has 0 radical (unpaired) electrons. The van der Waals surface area contributed by atoms with Crippen molar-refractivity contribution in [1.29, 1.82) is 0 Å². The number of imide groups is 1. The van der Waals surface area contributed by atoms with Crippen molar-refractivity contribution in [3.63, 3.8) is 0 Å². The summed E-state index contributed by atoms with van der Waals surface area (Å²) in [6.07, 6.45) is 1.38. The Hall–Kier alpha value is -3.33. The van der Waals surface area contributed by atoms with Gasteiger partial charge in [0.1, 0.15) is 11.0 Å². The van der Waals surface area contributed by atoms with E-state index in [0.717, 1.165) is 11.8 Å². The molecule has 1 saturated heterocycles. The predicted octanol–water partition coefficient (Wildman–Crippen LogP) is 2.80. The number of carbonyl (C=O) groups excluding carboxylic acids is 3. The zero-order valence-corrected chi connectivity index (χ0v) is 15.6. The molecule has 1 aliphatic heterocycles. The molecule has 0 bridgehead atoms. The number of esters is 1. The number of hydrogen-bond donors (Lipinski definition) is 2. The second-order valence-electron chi connectivity index (χ2n) is 5.75. The van der Waals surface area contributed by atoms with E-state index in [4.69, 9.17) is 9.47 Å². The van der Waals surface area contributed by atoms with Gasteiger partial charge in [-0.3, -0.25) is 24.7 Å². The molecule has 1 heterocycles. The van der Waals surface area contributed by atoms with E-state index in [1.165, 1.54) is 19.2 Å². The van der Waals surface area contributed by atoms with E-state index in [1.807, 2.05) is 0 Å². The van der Waals surface area contributed by atoms with E-state index in [9.17, 15) is 19.5 Å². The van der Waals surface area contributed by atoms with E-state index in [0.29, 0.717) is 17.0 Å². The van der Waals surface area contributed by atoms with Gasteiger partial charge in [0.05, 0.1) is 19.2 Å². The number of carbonyl (C=O) groups is 3. The Bertz CT molecular complexity index is 942. The fourth-order valence-electron chi connectivity index (χ4n) is 2.38. The number of amides is 2. The average Bonchev–Trinajstić information content (AvgIpc) is 2.98. The summed E-state index contributed by atoms with van der Waals surface area (Å²) in [6, 6.07) is 11.3. The van der Waals surface area contributed by atoms with Gasteiger partial charge in [0.25, 0.3) is 5.24 Å². The Morgan fingerprint density at radius 1 is 1.21 bits per heavy atom. The number of benzene rings is 2. The van der Waals surface area contributed by atoms with Crippen LogP contribution in [0.2, 0.25) is 0 Å². The lowest BCUT2D eigenvalue weighted by Gasteiger charge is -2.10. The number of thioether (sulfide) groups is 1. The van der Waals surface area contributed by atoms with Gasteiger partial charge < -0.3 is 14.6 Å². The monoisotopic (exact) mass is 400 g/mol. The van der Waals surface area contributed by atoms with Crippen molar-refractivity contribution in [1.82, 2.24) is 5.32 Å². The van der Waals surface area contributed by atoms with Crippen LogP contribution in [0.5, 0.6) is 17.2 Å². The largest absolute Gasteiger partial charge is 0.508 e. The third-order valence-electron chi connectivity index (χ3n) is 3.74. The van der Waals surface area contributed by atoms with E-state index < -0.39 is 22.4 Å². The van der Waals surface area contributed by atoms with E-state index in [-0.39, 0.29) is 17.9 Å². The van der Waals surface area contributed by atoms with Gasteiger partial charge in [0, 0.05) is 6.21 Å². The number of aromatic hydroxyl groups is 1. The minimum absolute atomic E-state index is 0.157. The quantitative estimate of drug-likeness (QED) is 0.435. The molecule has 1 aliphatic rings. The number of hydrogen-bond acceptors (Lipinski definition) is 8. The summed E-state index contributed by atoms with van der Waals surface area (Å²) in [5, 5.41) is 10.1. The Morgan fingerprint density at radius 2 is 1.96 bits per heavy atom. The lowest BCUT2D eigenvalue weighted by Crippen LogP contribution is -2.27. The first-order valence-corrected chi connectivity index (χ1v) is 9.06. The van der Waals surface area contributed by atoms with Gasteiger partial charge in [-0.05, 0) is 48.0 Å². The van der Waals surface area contributed by atoms with Gasteiger partial charge in [0.15, 0.2) is 11.5 Å². The number of aliphatic imine (C=N–C) groups is 1. The number of ether oxygens (including phenoxy) is 2. The molecule has 2 N–H and O–H groups in total. The molecule has 9 heteroatoms. The molecule has 0 aliphatic carbocycles. The van der Waals surface area contributed by atoms with E-state index in [1.54, 1.807) is 36.5 Å². The maximum Gasteiger partial charge on any atom is 0.312 e. The molecule has 8 nitrogen and oxygen atoms in total. The fourth-order valence-corrected chi connectivity index (χ4v) is 3.18. The number of nitrogens with zero attached hydrogens (tertiary/aromatic N) is 1. The Balaban J connectivity index is 1.67. The zero-order chi connectivity index (χ0) is 20.1. The molecule has 28 heavy (non-hydrogen) atoms. The SMILES string of the molecule is COc1cc(C=Nc2ccc(O)cc2)ccc1OC(=O)C[C@@H]1SC(=O)NC1=O. The summed E-state index contributed by atoms with van der Waals surface area (Å²) in [7, 11) is 1.44. The van der Waals surface area contributed by atoms with Crippen molar-refractivity contribution in [2.45, 2.75) is 11.7 Å². The molecule has 1 atom stereocenters. The van der Waals surface area contributed by atoms with Crippen molar-refractivity contribution >= 4 is 40.8 Å². The first-order valence-electron chi connectivity index (χ1n) is 8.18. The van der Waals surface area contributed by atoms with Crippen LogP contribution in [-0.4, -0.2) is 40.8 Å². The standard InChI is InChI=1S/C19H16N2O6S/c1-26-15-8-11(10-20-12-3-5-13(22)6-4-12)2-7-14(15)27-17(23)9-16-18(24)21-19(25)28-16/h2-8,10,16,22H,9H2,1H3,(H,21,24,25)/t16-/m0/s1. The highest BCUT2D eigenvalue weighted by Crippen LogP contribution is 2.29. The summed E-state index contributed by atoms with van der Waals surface area (Å²) in [4.78, 5) is 39.1. The van der Waals surface area contributed by atoms with Crippen LogP contribution in [0.1, 0.15) is 12.0 Å². The number of phenolic OH excluding ortho intramolecular Hbond substituents is 1. The maximum absolute atomic E-state index is 12.1. The van der Waals surface area contributed by atoms with Gasteiger partial charge in [-0.1, -0.05) is 11.8 Å². The van der Waals surface area contributed by atoms with Crippen molar-refractivity contribution < 1.29 is 29.0 Å². The summed E-state index contributed by atoms with van der Waals surface area (Å²) >= 11 is 0.766. The lowest BCUT2D eigenvalue weighted by atomic mass is 10.2. The van der Waals surface area contributed by atoms with Gasteiger partial charge in [-0.25, -0.2) is 0 Å². The van der Waals surface area contributed by atoms with Gasteiger partial charge in [-0.15, -0.1) is 0 Å². The molecule has 0 unspecified atom stereocenters. The van der Waals surface area contributed by atoms with Gasteiger partial charge in [-0.2, -0.15) is 0 Å². The van der Waals surface area contributed by atoms with E-state index >= 15 is 0 Å². The molecule has 3 rings (SSSR count). The normalized spacial score (nSPS) is 16.2. The number of rotatable bonds is 6. The Labute approximate surface area is 164 Å². The van der Waals surface area contributed by atoms with Crippen LogP contribution in [0, 0.1) is 0 Å². The van der Waals surface area contributed by atoms with Crippen LogP contribution in [-0.2, 0) is 9.59 Å². The molecule has 144 valence electrons. The van der Waals surface area contributed by atoms with Crippen LogP contribution in [0.25, 0.3) is 0 Å². The molecule has 0 saturated carbocycles. The fraction of sp³-hybridized carbons (Fsp3) is 0.158. The number of methoxy groups -OCH3 is 1. The third kappa shape index (κ3) is 4.89. The van der Waals surface area contributed by atoms with Crippen LogP contribution in [0.3, 0.4) is 0 Å². The van der Waals surface area contributed by atoms with E-state index in [2.05, 4.69) is 10.3 Å². The van der Waals surface area contributed by atoms with Gasteiger partial charge in [0.2, 0.25) is 5.91 Å². The summed E-state index contributed by atoms with van der Waals surface area (Å²) in [5.41, 5.74) is 1.37. The Morgan fingerprint density at radius 3 is 2.61 bits per heavy atom. The van der Waals surface area contributed by atoms with Crippen molar-refractivity contribution in [3.8, 4) is 17.2 Å². The molecule has 0 spiro atoms. The van der Waals surface area contributed by atoms with Crippen molar-refractivity contribution in [2.75, 3.05) is 7.11 Å². The third-order valence-corrected chi connectivity index (χ3v) is 4.72. The highest BCUT2D eigenvalue weighted by Gasteiger charge is 2.34. The van der Waals surface area contributed by atoms with Crippen molar-refractivity contribution in [3.05, 3.63) is 48.0 Å². The summed E-state index contributed by atoms with van der Waals surface area (Å²) in [6.45, 7) is 0. The second kappa shape index (κ2) is 8.57. The highest BCUT2D eigenvalue weighted by atomic mass is 32.2. The smallest absolute Gasteiger partial charge is 0.312 e. The summed E-state index contributed by atoms with van der Waals surface area (Å²) < 4.78 is 10.5. The molecule has 1 fully saturated rings. The Kier molecular flexibility index (Phi) is 5.95. The maximum atomic E-state index is 12.1. The topological polar surface area (TPSA) is 114 Å². The lowest BCUT2D eigenvalue weighted by molar-refractivity contribution is -0.136. The number of nitrogens with one attached hydrogen (secondary N) is 1. The number of phenols is 1.